The monoisotopic (exact) mass is 385 g/mol. The number of H-pyrrole nitrogens is 1. The molecule has 0 aromatic carbocycles. The third-order valence-electron chi connectivity index (χ3n) is 6.22. The molecule has 3 aliphatic heterocycles. The smallest absolute Gasteiger partial charge is 0.227 e. The zero-order valence-electron chi connectivity index (χ0n) is 17.2. The van der Waals surface area contributed by atoms with Crippen LogP contribution in [0.4, 0.5) is 0 Å². The Balaban J connectivity index is 1.45. The van der Waals surface area contributed by atoms with Crippen molar-refractivity contribution in [3.63, 3.8) is 0 Å². The largest absolute Gasteiger partial charge is 0.361 e. The Kier molecular flexibility index (Phi) is 5.53. The fourth-order valence-corrected chi connectivity index (χ4v) is 4.56. The molecule has 0 saturated carbocycles. The average Bonchev–Trinajstić information content (AvgIpc) is 3.14. The summed E-state index contributed by atoms with van der Waals surface area (Å²) in [5.74, 6) is 2.26. The Morgan fingerprint density at radius 2 is 2.11 bits per heavy atom. The van der Waals surface area contributed by atoms with Crippen molar-refractivity contribution in [1.29, 1.82) is 0 Å². The van der Waals surface area contributed by atoms with Gasteiger partial charge in [-0.15, -0.1) is 0 Å². The first-order valence-corrected chi connectivity index (χ1v) is 10.5. The van der Waals surface area contributed by atoms with E-state index >= 15 is 0 Å². The SMILES string of the molecule is CCCCc1ncc(CN2C[C@H]3CC[C@@H](C2)N(Cc2c(C)noc2C)C3=O)[nH]1. The van der Waals surface area contributed by atoms with Crippen molar-refractivity contribution >= 4 is 5.91 Å². The molecule has 2 aromatic rings. The minimum Gasteiger partial charge on any atom is -0.361 e. The molecule has 1 N–H and O–H groups in total. The standard InChI is InChI=1S/C21H31N5O2/c1-4-5-6-20-22-9-17(23-20)11-25-10-16-7-8-18(12-25)26(21(16)27)13-19-14(2)24-28-15(19)3/h9,16,18H,4-8,10-13H2,1-3H3,(H,22,23)/t16-,18+/m1/s1. The number of piperidine rings is 1. The van der Waals surface area contributed by atoms with Crippen LogP contribution in [0.5, 0.6) is 0 Å². The van der Waals surface area contributed by atoms with E-state index in [0.717, 1.165) is 73.9 Å². The molecule has 3 fully saturated rings. The van der Waals surface area contributed by atoms with Crippen LogP contribution in [0.3, 0.4) is 0 Å². The van der Waals surface area contributed by atoms with Gasteiger partial charge in [-0.1, -0.05) is 18.5 Å². The lowest BCUT2D eigenvalue weighted by atomic mass is 9.93. The van der Waals surface area contributed by atoms with E-state index in [0.29, 0.717) is 6.54 Å². The topological polar surface area (TPSA) is 78.3 Å². The van der Waals surface area contributed by atoms with Crippen molar-refractivity contribution in [2.45, 2.75) is 72.0 Å². The van der Waals surface area contributed by atoms with Crippen molar-refractivity contribution in [3.05, 3.63) is 34.7 Å². The molecular weight excluding hydrogens is 354 g/mol. The van der Waals surface area contributed by atoms with Gasteiger partial charge in [0.05, 0.1) is 18.2 Å². The van der Waals surface area contributed by atoms with Gasteiger partial charge in [0, 0.05) is 49.6 Å². The van der Waals surface area contributed by atoms with Crippen molar-refractivity contribution in [2.75, 3.05) is 13.1 Å². The number of aromatic amines is 1. The number of unbranched alkanes of at least 4 members (excludes halogenated alkanes) is 1. The second-order valence-electron chi connectivity index (χ2n) is 8.35. The van der Waals surface area contributed by atoms with E-state index in [2.05, 4.69) is 31.8 Å². The number of hydrogen-bond acceptors (Lipinski definition) is 5. The van der Waals surface area contributed by atoms with E-state index in [1.165, 1.54) is 6.42 Å². The molecule has 1 amide bonds. The van der Waals surface area contributed by atoms with E-state index in [9.17, 15) is 4.79 Å². The van der Waals surface area contributed by atoms with Crippen LogP contribution < -0.4 is 0 Å². The van der Waals surface area contributed by atoms with Gasteiger partial charge >= 0.3 is 0 Å². The van der Waals surface area contributed by atoms with Gasteiger partial charge in [0.2, 0.25) is 5.91 Å². The summed E-state index contributed by atoms with van der Waals surface area (Å²) in [6, 6.07) is 0.252. The number of carbonyl (C=O) groups is 1. The summed E-state index contributed by atoms with van der Waals surface area (Å²) < 4.78 is 5.30. The van der Waals surface area contributed by atoms with Gasteiger partial charge < -0.3 is 14.4 Å². The number of aromatic nitrogens is 3. The quantitative estimate of drug-likeness (QED) is 0.793. The van der Waals surface area contributed by atoms with E-state index in [4.69, 9.17) is 4.52 Å². The van der Waals surface area contributed by atoms with Gasteiger partial charge in [0.25, 0.3) is 0 Å². The van der Waals surface area contributed by atoms with Gasteiger partial charge in [0.15, 0.2) is 0 Å². The highest BCUT2D eigenvalue weighted by Crippen LogP contribution is 2.32. The first kappa shape index (κ1) is 19.2. The first-order chi connectivity index (χ1) is 13.5. The molecule has 3 aliphatic rings. The number of imidazole rings is 1. The maximum atomic E-state index is 13.1. The molecule has 0 radical (unpaired) electrons. The van der Waals surface area contributed by atoms with Crippen LogP contribution in [0.1, 0.15) is 61.1 Å². The molecule has 0 spiro atoms. The number of carbonyl (C=O) groups excluding carboxylic acids is 1. The average molecular weight is 386 g/mol. The van der Waals surface area contributed by atoms with Crippen LogP contribution in [0.25, 0.3) is 0 Å². The van der Waals surface area contributed by atoms with Crippen molar-refractivity contribution in [3.8, 4) is 0 Å². The van der Waals surface area contributed by atoms with Crippen LogP contribution in [0, 0.1) is 19.8 Å². The van der Waals surface area contributed by atoms with Crippen LogP contribution in [-0.2, 0) is 24.3 Å². The molecule has 2 atom stereocenters. The second-order valence-corrected chi connectivity index (χ2v) is 8.35. The van der Waals surface area contributed by atoms with Crippen molar-refractivity contribution in [1.82, 2.24) is 24.9 Å². The molecule has 7 nitrogen and oxygen atoms in total. The van der Waals surface area contributed by atoms with E-state index in [1.54, 1.807) is 0 Å². The molecule has 5 rings (SSSR count). The molecule has 7 heteroatoms. The van der Waals surface area contributed by atoms with E-state index in [1.807, 2.05) is 20.0 Å². The Hall–Kier alpha value is -2.15. The number of amides is 1. The zero-order valence-corrected chi connectivity index (χ0v) is 17.2. The maximum absolute atomic E-state index is 13.1. The summed E-state index contributed by atoms with van der Waals surface area (Å²) >= 11 is 0. The number of fused-ring (bicyclic) bond motifs is 4. The van der Waals surface area contributed by atoms with E-state index in [-0.39, 0.29) is 17.9 Å². The third kappa shape index (κ3) is 3.85. The summed E-state index contributed by atoms with van der Waals surface area (Å²) in [5, 5.41) is 4.05. The molecule has 2 bridgehead atoms. The fraction of sp³-hybridized carbons (Fsp3) is 0.667. The van der Waals surface area contributed by atoms with Crippen molar-refractivity contribution in [2.24, 2.45) is 5.92 Å². The molecule has 3 saturated heterocycles. The highest BCUT2D eigenvalue weighted by atomic mass is 16.5. The summed E-state index contributed by atoms with van der Waals surface area (Å²) in [6.07, 6.45) is 7.36. The molecular formula is C21H31N5O2. The Morgan fingerprint density at radius 3 is 2.86 bits per heavy atom. The highest BCUT2D eigenvalue weighted by molar-refractivity contribution is 5.80. The number of nitrogens with one attached hydrogen (secondary N) is 1. The van der Waals surface area contributed by atoms with Gasteiger partial charge in [-0.2, -0.15) is 0 Å². The van der Waals surface area contributed by atoms with Gasteiger partial charge in [0.1, 0.15) is 11.6 Å². The number of nitrogens with zero attached hydrogens (tertiary/aromatic N) is 4. The molecule has 5 heterocycles. The molecule has 0 aliphatic carbocycles. The Labute approximate surface area is 166 Å². The molecule has 0 unspecified atom stereocenters. The third-order valence-corrected chi connectivity index (χ3v) is 6.22. The number of hydrogen-bond donors (Lipinski definition) is 1. The minimum atomic E-state index is 0.0849. The normalized spacial score (nSPS) is 22.8. The summed E-state index contributed by atoms with van der Waals surface area (Å²) in [5.41, 5.74) is 3.10. The lowest BCUT2D eigenvalue weighted by Crippen LogP contribution is -2.47. The molecule has 152 valence electrons. The highest BCUT2D eigenvalue weighted by Gasteiger charge is 2.41. The minimum absolute atomic E-state index is 0.0849. The van der Waals surface area contributed by atoms with Crippen LogP contribution in [-0.4, -0.2) is 50.0 Å². The fourth-order valence-electron chi connectivity index (χ4n) is 4.56. The molecule has 2 aromatic heterocycles. The van der Waals surface area contributed by atoms with Crippen LogP contribution in [0.2, 0.25) is 0 Å². The Morgan fingerprint density at radius 1 is 1.25 bits per heavy atom. The van der Waals surface area contributed by atoms with Crippen LogP contribution >= 0.6 is 0 Å². The predicted octanol–water partition coefficient (Wildman–Crippen LogP) is 2.98. The summed E-state index contributed by atoms with van der Waals surface area (Å²) in [4.78, 5) is 25.6. The van der Waals surface area contributed by atoms with E-state index < -0.39 is 0 Å². The summed E-state index contributed by atoms with van der Waals surface area (Å²) in [7, 11) is 0. The van der Waals surface area contributed by atoms with Gasteiger partial charge in [-0.25, -0.2) is 4.98 Å². The number of aryl methyl sites for hydroxylation is 3. The Bertz CT molecular complexity index is 807. The first-order valence-electron chi connectivity index (χ1n) is 10.5. The van der Waals surface area contributed by atoms with Crippen molar-refractivity contribution < 1.29 is 9.32 Å². The zero-order chi connectivity index (χ0) is 19.7. The maximum Gasteiger partial charge on any atom is 0.227 e. The predicted molar refractivity (Wildman–Crippen MR) is 106 cm³/mol. The van der Waals surface area contributed by atoms with Gasteiger partial charge in [-0.05, 0) is 33.1 Å². The lowest BCUT2D eigenvalue weighted by molar-refractivity contribution is -0.140. The van der Waals surface area contributed by atoms with Crippen LogP contribution in [0.15, 0.2) is 10.7 Å². The lowest BCUT2D eigenvalue weighted by Gasteiger charge is -2.36. The number of rotatable bonds is 7. The second kappa shape index (κ2) is 8.07. The van der Waals surface area contributed by atoms with Gasteiger partial charge in [-0.3, -0.25) is 9.69 Å². The summed E-state index contributed by atoms with van der Waals surface area (Å²) in [6.45, 7) is 9.26. The molecule has 28 heavy (non-hydrogen) atoms.